The lowest BCUT2D eigenvalue weighted by Gasteiger charge is -2.24. The molecule has 1 aliphatic heterocycles. The Kier molecular flexibility index (Phi) is 8.48. The maximum Gasteiger partial charge on any atom is 0.280 e. The van der Waals surface area contributed by atoms with Crippen molar-refractivity contribution in [3.05, 3.63) is 47.1 Å². The van der Waals surface area contributed by atoms with Crippen molar-refractivity contribution in [2.75, 3.05) is 18.1 Å². The topological polar surface area (TPSA) is 88.2 Å². The summed E-state index contributed by atoms with van der Waals surface area (Å²) < 4.78 is 27.9. The fourth-order valence-corrected chi connectivity index (χ4v) is 8.81. The summed E-state index contributed by atoms with van der Waals surface area (Å²) in [6.07, 6.45) is 7.08. The number of amides is 1. The maximum absolute atomic E-state index is 13.2. The Bertz CT molecular complexity index is 1360. The second kappa shape index (κ2) is 11.7. The SMILES string of the molecule is CC(C)(C)NS(=O)c1ccc(-c2sc(C(=O)NCC3CS(=O)C3)nc2CC2CCCCC2)c2ccccc12. The van der Waals surface area contributed by atoms with Crippen molar-refractivity contribution in [1.82, 2.24) is 15.0 Å². The fourth-order valence-electron chi connectivity index (χ4n) is 5.33. The minimum Gasteiger partial charge on any atom is -0.350 e. The molecule has 1 atom stereocenters. The van der Waals surface area contributed by atoms with E-state index in [1.54, 1.807) is 0 Å². The van der Waals surface area contributed by atoms with E-state index in [1.165, 1.54) is 43.4 Å². The largest absolute Gasteiger partial charge is 0.350 e. The summed E-state index contributed by atoms with van der Waals surface area (Å²) in [5.41, 5.74) is 1.74. The predicted octanol–water partition coefficient (Wildman–Crippen LogP) is 5.61. The van der Waals surface area contributed by atoms with Crippen LogP contribution >= 0.6 is 11.3 Å². The molecule has 2 N–H and O–H groups in total. The molecule has 1 unspecified atom stereocenters. The maximum atomic E-state index is 13.2. The zero-order valence-electron chi connectivity index (χ0n) is 22.4. The van der Waals surface area contributed by atoms with Crippen LogP contribution in [0.4, 0.5) is 0 Å². The van der Waals surface area contributed by atoms with Gasteiger partial charge < -0.3 is 5.32 Å². The zero-order valence-corrected chi connectivity index (χ0v) is 24.8. The number of hydrogen-bond donors (Lipinski definition) is 2. The standard InChI is InChI=1S/C29H37N3O3S3/c1-29(2,3)32-38(35)25-14-13-23(21-11-7-8-12-22(21)25)26-24(15-19-9-5-4-6-10-19)31-28(36-26)27(33)30-16-20-17-37(34)18-20/h7-8,11-14,19-20,32H,4-6,9-10,15-18H2,1-3H3,(H,30,33). The summed E-state index contributed by atoms with van der Waals surface area (Å²) in [5, 5.41) is 5.48. The van der Waals surface area contributed by atoms with Gasteiger partial charge in [0.25, 0.3) is 5.91 Å². The predicted molar refractivity (Wildman–Crippen MR) is 158 cm³/mol. The molecular weight excluding hydrogens is 535 g/mol. The molecule has 38 heavy (non-hydrogen) atoms. The van der Waals surface area contributed by atoms with Gasteiger partial charge in [-0.05, 0) is 55.9 Å². The van der Waals surface area contributed by atoms with E-state index in [-0.39, 0.29) is 11.4 Å². The minimum absolute atomic E-state index is 0.153. The summed E-state index contributed by atoms with van der Waals surface area (Å²) >= 11 is 1.45. The van der Waals surface area contributed by atoms with Gasteiger partial charge in [-0.2, -0.15) is 0 Å². The molecule has 6 nitrogen and oxygen atoms in total. The Hall–Kier alpha value is -1.94. The Morgan fingerprint density at radius 1 is 1.05 bits per heavy atom. The van der Waals surface area contributed by atoms with E-state index in [4.69, 9.17) is 4.98 Å². The Balaban J connectivity index is 1.50. The highest BCUT2D eigenvalue weighted by molar-refractivity contribution is 7.86. The molecule has 1 aliphatic carbocycles. The number of thiazole rings is 1. The number of nitrogens with one attached hydrogen (secondary N) is 2. The third kappa shape index (κ3) is 6.43. The Morgan fingerprint density at radius 3 is 2.45 bits per heavy atom. The third-order valence-corrected chi connectivity index (χ3v) is 11.6. The van der Waals surface area contributed by atoms with Gasteiger partial charge in [-0.25, -0.2) is 13.9 Å². The normalized spacial score (nSPS) is 21.2. The summed E-state index contributed by atoms with van der Waals surface area (Å²) in [4.78, 5) is 19.8. The van der Waals surface area contributed by atoms with Crippen LogP contribution in [0.5, 0.6) is 0 Å². The van der Waals surface area contributed by atoms with Crippen molar-refractivity contribution in [2.24, 2.45) is 11.8 Å². The van der Waals surface area contributed by atoms with Gasteiger partial charge in [-0.3, -0.25) is 9.00 Å². The van der Waals surface area contributed by atoms with Crippen LogP contribution in [0.3, 0.4) is 0 Å². The lowest BCUT2D eigenvalue weighted by Crippen LogP contribution is -2.40. The lowest BCUT2D eigenvalue weighted by atomic mass is 9.85. The number of carbonyl (C=O) groups is 1. The number of nitrogens with zero attached hydrogens (tertiary/aromatic N) is 1. The van der Waals surface area contributed by atoms with Gasteiger partial charge in [0.1, 0.15) is 11.0 Å². The Morgan fingerprint density at radius 2 is 1.76 bits per heavy atom. The molecule has 3 aromatic rings. The van der Waals surface area contributed by atoms with Crippen LogP contribution < -0.4 is 10.0 Å². The molecule has 1 saturated carbocycles. The molecule has 0 bridgehead atoms. The average molecular weight is 572 g/mol. The first-order valence-electron chi connectivity index (χ1n) is 13.5. The van der Waals surface area contributed by atoms with E-state index < -0.39 is 21.8 Å². The molecule has 204 valence electrons. The van der Waals surface area contributed by atoms with Gasteiger partial charge in [0.15, 0.2) is 5.01 Å². The highest BCUT2D eigenvalue weighted by Crippen LogP contribution is 2.39. The first-order valence-corrected chi connectivity index (χ1v) is 17.0. The van der Waals surface area contributed by atoms with Crippen molar-refractivity contribution >= 4 is 49.8 Å². The number of rotatable bonds is 8. The van der Waals surface area contributed by atoms with Crippen LogP contribution in [0, 0.1) is 11.8 Å². The van der Waals surface area contributed by atoms with Crippen molar-refractivity contribution in [3.8, 4) is 10.4 Å². The number of aromatic nitrogens is 1. The van der Waals surface area contributed by atoms with E-state index in [0.717, 1.165) is 38.2 Å². The van der Waals surface area contributed by atoms with E-state index in [0.29, 0.717) is 34.9 Å². The van der Waals surface area contributed by atoms with Crippen LogP contribution in [-0.4, -0.2) is 42.9 Å². The van der Waals surface area contributed by atoms with Crippen LogP contribution in [0.25, 0.3) is 21.2 Å². The molecule has 1 saturated heterocycles. The third-order valence-electron chi connectivity index (χ3n) is 7.22. The van der Waals surface area contributed by atoms with E-state index >= 15 is 0 Å². The van der Waals surface area contributed by atoms with Gasteiger partial charge in [0, 0.05) is 40.0 Å². The van der Waals surface area contributed by atoms with Crippen molar-refractivity contribution in [1.29, 1.82) is 0 Å². The van der Waals surface area contributed by atoms with Gasteiger partial charge >= 0.3 is 0 Å². The molecule has 0 radical (unpaired) electrons. The molecule has 2 aliphatic rings. The minimum atomic E-state index is -1.36. The van der Waals surface area contributed by atoms with Crippen LogP contribution in [0.1, 0.15) is 68.4 Å². The molecule has 9 heteroatoms. The van der Waals surface area contributed by atoms with Crippen LogP contribution in [-0.2, 0) is 28.2 Å². The van der Waals surface area contributed by atoms with Gasteiger partial charge in [0.2, 0.25) is 0 Å². The fraction of sp³-hybridized carbons (Fsp3) is 0.517. The molecular formula is C29H37N3O3S3. The Labute approximate surface area is 234 Å². The molecule has 2 fully saturated rings. The van der Waals surface area contributed by atoms with Crippen LogP contribution in [0.15, 0.2) is 41.3 Å². The average Bonchev–Trinajstić information content (AvgIpc) is 3.28. The van der Waals surface area contributed by atoms with E-state index in [1.807, 2.05) is 51.1 Å². The van der Waals surface area contributed by atoms with Crippen molar-refractivity contribution in [2.45, 2.75) is 69.7 Å². The monoisotopic (exact) mass is 571 g/mol. The molecule has 2 heterocycles. The number of hydrogen-bond acceptors (Lipinski definition) is 5. The molecule has 0 spiro atoms. The molecule has 1 amide bonds. The number of benzene rings is 2. The van der Waals surface area contributed by atoms with E-state index in [9.17, 15) is 13.2 Å². The second-order valence-corrected chi connectivity index (χ2v) is 15.4. The summed E-state index contributed by atoms with van der Waals surface area (Å²) in [6.45, 7) is 6.56. The number of carbonyl (C=O) groups excluding carboxylic acids is 1. The van der Waals surface area contributed by atoms with Gasteiger partial charge in [-0.15, -0.1) is 11.3 Å². The smallest absolute Gasteiger partial charge is 0.280 e. The molecule has 5 rings (SSSR count). The summed E-state index contributed by atoms with van der Waals surface area (Å²) in [7, 11) is -2.08. The van der Waals surface area contributed by atoms with Crippen LogP contribution in [0.2, 0.25) is 0 Å². The van der Waals surface area contributed by atoms with Gasteiger partial charge in [-0.1, -0.05) is 62.4 Å². The molecule has 2 aromatic carbocycles. The molecule has 1 aromatic heterocycles. The van der Waals surface area contributed by atoms with Crippen molar-refractivity contribution < 1.29 is 13.2 Å². The quantitative estimate of drug-likeness (QED) is 0.368. The highest BCUT2D eigenvalue weighted by atomic mass is 32.2. The zero-order chi connectivity index (χ0) is 26.9. The second-order valence-electron chi connectivity index (χ2n) is 11.6. The van der Waals surface area contributed by atoms with Crippen molar-refractivity contribution in [3.63, 3.8) is 0 Å². The highest BCUT2D eigenvalue weighted by Gasteiger charge is 2.28. The summed E-state index contributed by atoms with van der Waals surface area (Å²) in [5.74, 6) is 2.06. The first kappa shape index (κ1) is 27.6. The first-order chi connectivity index (χ1) is 18.2. The van der Waals surface area contributed by atoms with Gasteiger partial charge in [0.05, 0.1) is 15.5 Å². The number of fused-ring (bicyclic) bond motifs is 1. The summed E-state index contributed by atoms with van der Waals surface area (Å²) in [6, 6.07) is 12.1. The van der Waals surface area contributed by atoms with E-state index in [2.05, 4.69) is 16.1 Å². The lowest BCUT2D eigenvalue weighted by molar-refractivity contribution is 0.0948.